The molecule has 0 spiro atoms. The number of carbonyl (C=O) groups is 1. The predicted molar refractivity (Wildman–Crippen MR) is 101 cm³/mol. The number of halogens is 1. The van der Waals surface area contributed by atoms with Crippen LogP contribution in [-0.2, 0) is 6.54 Å². The van der Waals surface area contributed by atoms with Crippen molar-refractivity contribution >= 4 is 17.5 Å². The molecule has 2 N–H and O–H groups in total. The fourth-order valence-corrected chi connectivity index (χ4v) is 2.81. The Balaban J connectivity index is 1.71. The first-order valence-electron chi connectivity index (χ1n) is 8.21. The first kappa shape index (κ1) is 17.2. The lowest BCUT2D eigenvalue weighted by Gasteiger charge is -2.09. The van der Waals surface area contributed by atoms with Crippen LogP contribution < -0.4 is 5.32 Å². The number of carbonyl (C=O) groups excluding carboxylic acids is 1. The average Bonchev–Trinajstić information content (AvgIpc) is 3.10. The van der Waals surface area contributed by atoms with Crippen LogP contribution in [0.3, 0.4) is 0 Å². The first-order chi connectivity index (χ1) is 12.0. The SMILES string of the molecule is CC(C)c1ccc(CNC(=O)c2cn[nH]c2-c2cccc(Cl)c2)cc1. The monoisotopic (exact) mass is 353 g/mol. The average molecular weight is 354 g/mol. The third kappa shape index (κ3) is 4.09. The maximum absolute atomic E-state index is 12.5. The van der Waals surface area contributed by atoms with E-state index in [4.69, 9.17) is 11.6 Å². The molecule has 0 fully saturated rings. The minimum absolute atomic E-state index is 0.170. The summed E-state index contributed by atoms with van der Waals surface area (Å²) >= 11 is 6.03. The first-order valence-corrected chi connectivity index (χ1v) is 8.58. The van der Waals surface area contributed by atoms with Crippen molar-refractivity contribution in [3.63, 3.8) is 0 Å². The molecule has 0 saturated heterocycles. The maximum Gasteiger partial charge on any atom is 0.255 e. The molecule has 0 aliphatic heterocycles. The molecular formula is C20H20ClN3O. The van der Waals surface area contributed by atoms with Crippen molar-refractivity contribution < 1.29 is 4.79 Å². The van der Waals surface area contributed by atoms with Gasteiger partial charge in [-0.2, -0.15) is 5.10 Å². The molecule has 0 unspecified atom stereocenters. The topological polar surface area (TPSA) is 57.8 Å². The summed E-state index contributed by atoms with van der Waals surface area (Å²) in [7, 11) is 0. The van der Waals surface area contributed by atoms with Gasteiger partial charge in [0.2, 0.25) is 0 Å². The van der Waals surface area contributed by atoms with Gasteiger partial charge in [-0.3, -0.25) is 9.89 Å². The summed E-state index contributed by atoms with van der Waals surface area (Å²) in [5.41, 5.74) is 4.34. The number of hydrogen-bond acceptors (Lipinski definition) is 2. The lowest BCUT2D eigenvalue weighted by molar-refractivity contribution is 0.0951. The van der Waals surface area contributed by atoms with Crippen molar-refractivity contribution in [2.45, 2.75) is 26.3 Å². The molecule has 3 rings (SSSR count). The number of hydrogen-bond donors (Lipinski definition) is 2. The van der Waals surface area contributed by atoms with Gasteiger partial charge in [-0.25, -0.2) is 0 Å². The fraction of sp³-hybridized carbons (Fsp3) is 0.200. The third-order valence-electron chi connectivity index (χ3n) is 4.10. The fourth-order valence-electron chi connectivity index (χ4n) is 2.62. The van der Waals surface area contributed by atoms with Crippen LogP contribution in [0.2, 0.25) is 5.02 Å². The van der Waals surface area contributed by atoms with E-state index in [1.165, 1.54) is 11.8 Å². The Kier molecular flexibility index (Phi) is 5.19. The number of rotatable bonds is 5. The summed E-state index contributed by atoms with van der Waals surface area (Å²) in [5, 5.41) is 10.4. The van der Waals surface area contributed by atoms with Crippen molar-refractivity contribution in [2.24, 2.45) is 0 Å². The predicted octanol–water partition coefficient (Wildman–Crippen LogP) is 4.78. The molecule has 25 heavy (non-hydrogen) atoms. The van der Waals surface area contributed by atoms with E-state index in [1.54, 1.807) is 12.1 Å². The van der Waals surface area contributed by atoms with Gasteiger partial charge in [0.05, 0.1) is 17.5 Å². The molecule has 1 amide bonds. The molecule has 3 aromatic rings. The molecule has 0 bridgehead atoms. The van der Waals surface area contributed by atoms with E-state index in [0.29, 0.717) is 28.7 Å². The van der Waals surface area contributed by atoms with Gasteiger partial charge in [0.15, 0.2) is 0 Å². The molecule has 0 saturated carbocycles. The van der Waals surface area contributed by atoms with Crippen LogP contribution in [0.4, 0.5) is 0 Å². The van der Waals surface area contributed by atoms with E-state index < -0.39 is 0 Å². The molecule has 0 atom stereocenters. The number of amides is 1. The van der Waals surface area contributed by atoms with Crippen LogP contribution in [0, 0.1) is 0 Å². The molecule has 2 aromatic carbocycles. The summed E-state index contributed by atoms with van der Waals surface area (Å²) < 4.78 is 0. The number of H-pyrrole nitrogens is 1. The van der Waals surface area contributed by atoms with Crippen molar-refractivity contribution in [1.82, 2.24) is 15.5 Å². The Morgan fingerprint density at radius 2 is 1.96 bits per heavy atom. The van der Waals surface area contributed by atoms with Gasteiger partial charge >= 0.3 is 0 Å². The highest BCUT2D eigenvalue weighted by Gasteiger charge is 2.15. The number of nitrogens with one attached hydrogen (secondary N) is 2. The quantitative estimate of drug-likeness (QED) is 0.693. The molecule has 1 aromatic heterocycles. The van der Waals surface area contributed by atoms with Gasteiger partial charge in [-0.05, 0) is 29.2 Å². The van der Waals surface area contributed by atoms with E-state index in [0.717, 1.165) is 11.1 Å². The smallest absolute Gasteiger partial charge is 0.255 e. The van der Waals surface area contributed by atoms with E-state index in [9.17, 15) is 4.79 Å². The second kappa shape index (κ2) is 7.53. The lowest BCUT2D eigenvalue weighted by atomic mass is 10.0. The van der Waals surface area contributed by atoms with E-state index in [2.05, 4.69) is 41.5 Å². The maximum atomic E-state index is 12.5. The minimum atomic E-state index is -0.170. The van der Waals surface area contributed by atoms with Gasteiger partial charge in [-0.15, -0.1) is 0 Å². The van der Waals surface area contributed by atoms with Crippen LogP contribution in [0.1, 0.15) is 41.3 Å². The largest absolute Gasteiger partial charge is 0.348 e. The second-order valence-corrected chi connectivity index (χ2v) is 6.68. The van der Waals surface area contributed by atoms with E-state index in [1.807, 2.05) is 24.3 Å². The summed E-state index contributed by atoms with van der Waals surface area (Å²) in [6, 6.07) is 15.6. The van der Waals surface area contributed by atoms with E-state index >= 15 is 0 Å². The number of aromatic amines is 1. The lowest BCUT2D eigenvalue weighted by Crippen LogP contribution is -2.23. The zero-order valence-corrected chi connectivity index (χ0v) is 15.0. The van der Waals surface area contributed by atoms with Crippen LogP contribution in [0.25, 0.3) is 11.3 Å². The Morgan fingerprint density at radius 3 is 2.64 bits per heavy atom. The number of nitrogens with zero attached hydrogens (tertiary/aromatic N) is 1. The van der Waals surface area contributed by atoms with Crippen LogP contribution in [-0.4, -0.2) is 16.1 Å². The molecule has 1 heterocycles. The summed E-state index contributed by atoms with van der Waals surface area (Å²) in [4.78, 5) is 12.5. The van der Waals surface area contributed by atoms with Crippen LogP contribution >= 0.6 is 11.6 Å². The van der Waals surface area contributed by atoms with Gasteiger partial charge in [0.1, 0.15) is 0 Å². The molecule has 128 valence electrons. The highest BCUT2D eigenvalue weighted by Crippen LogP contribution is 2.24. The standard InChI is InChI=1S/C20H20ClN3O/c1-13(2)15-8-6-14(7-9-15)11-22-20(25)18-12-23-24-19(18)16-4-3-5-17(21)10-16/h3-10,12-13H,11H2,1-2H3,(H,22,25)(H,23,24). The molecule has 0 radical (unpaired) electrons. The van der Waals surface area contributed by atoms with E-state index in [-0.39, 0.29) is 5.91 Å². The summed E-state index contributed by atoms with van der Waals surface area (Å²) in [6.45, 7) is 4.79. The van der Waals surface area contributed by atoms with Crippen molar-refractivity contribution in [1.29, 1.82) is 0 Å². The number of benzene rings is 2. The Morgan fingerprint density at radius 1 is 1.20 bits per heavy atom. The second-order valence-electron chi connectivity index (χ2n) is 6.25. The molecular weight excluding hydrogens is 334 g/mol. The molecule has 0 aliphatic rings. The van der Waals surface area contributed by atoms with Gasteiger partial charge < -0.3 is 5.32 Å². The van der Waals surface area contributed by atoms with Gasteiger partial charge in [-0.1, -0.05) is 61.8 Å². The van der Waals surface area contributed by atoms with Crippen molar-refractivity contribution in [3.05, 3.63) is 76.4 Å². The Bertz CT molecular complexity index is 869. The zero-order chi connectivity index (χ0) is 17.8. The molecule has 5 heteroatoms. The Hall–Kier alpha value is -2.59. The van der Waals surface area contributed by atoms with Crippen molar-refractivity contribution in [2.75, 3.05) is 0 Å². The zero-order valence-electron chi connectivity index (χ0n) is 14.2. The van der Waals surface area contributed by atoms with Gasteiger partial charge in [0, 0.05) is 17.1 Å². The summed E-state index contributed by atoms with van der Waals surface area (Å²) in [6.07, 6.45) is 1.54. The molecule has 0 aliphatic carbocycles. The number of aromatic nitrogens is 2. The van der Waals surface area contributed by atoms with Crippen molar-refractivity contribution in [3.8, 4) is 11.3 Å². The normalized spacial score (nSPS) is 10.9. The van der Waals surface area contributed by atoms with Crippen LogP contribution in [0.15, 0.2) is 54.7 Å². The highest BCUT2D eigenvalue weighted by molar-refractivity contribution is 6.30. The highest BCUT2D eigenvalue weighted by atomic mass is 35.5. The van der Waals surface area contributed by atoms with Crippen LogP contribution in [0.5, 0.6) is 0 Å². The van der Waals surface area contributed by atoms with Gasteiger partial charge in [0.25, 0.3) is 5.91 Å². The summed E-state index contributed by atoms with van der Waals surface area (Å²) in [5.74, 6) is 0.325. The minimum Gasteiger partial charge on any atom is -0.348 e. The third-order valence-corrected chi connectivity index (χ3v) is 4.33. The molecule has 4 nitrogen and oxygen atoms in total. The Labute approximate surface area is 152 Å².